The summed E-state index contributed by atoms with van der Waals surface area (Å²) in [7, 11) is 1.56. The van der Waals surface area contributed by atoms with E-state index in [1.165, 1.54) is 0 Å². The van der Waals surface area contributed by atoms with Crippen molar-refractivity contribution >= 4 is 5.82 Å². The number of rotatable bonds is 1. The van der Waals surface area contributed by atoms with Crippen molar-refractivity contribution in [2.24, 2.45) is 0 Å². The highest BCUT2D eigenvalue weighted by atomic mass is 16.5. The Morgan fingerprint density at radius 2 is 1.77 bits per heavy atom. The summed E-state index contributed by atoms with van der Waals surface area (Å²) in [5.41, 5.74) is 5.39. The van der Waals surface area contributed by atoms with Gasteiger partial charge in [-0.25, -0.2) is 4.98 Å². The number of pyridine rings is 1. The average molecular weight is 184 g/mol. The normalized spacial score (nSPS) is 7.15. The zero-order valence-electron chi connectivity index (χ0n) is 9.16. The minimum Gasteiger partial charge on any atom is -0.493 e. The van der Waals surface area contributed by atoms with Crippen molar-refractivity contribution in [1.82, 2.24) is 4.98 Å². The van der Waals surface area contributed by atoms with Crippen LogP contribution in [0, 0.1) is 0 Å². The second-order valence-corrected chi connectivity index (χ2v) is 1.59. The maximum absolute atomic E-state index is 5.39. The largest absolute Gasteiger partial charge is 0.493 e. The van der Waals surface area contributed by atoms with Gasteiger partial charge in [-0.3, -0.25) is 0 Å². The summed E-state index contributed by atoms with van der Waals surface area (Å²) in [6.07, 6.45) is 1.62. The van der Waals surface area contributed by atoms with Crippen LogP contribution in [0.5, 0.6) is 5.75 Å². The zero-order valence-corrected chi connectivity index (χ0v) is 9.16. The fourth-order valence-electron chi connectivity index (χ4n) is 0.575. The van der Waals surface area contributed by atoms with Gasteiger partial charge in [-0.1, -0.05) is 27.7 Å². The van der Waals surface area contributed by atoms with Crippen LogP contribution in [0.4, 0.5) is 5.82 Å². The van der Waals surface area contributed by atoms with Crippen LogP contribution in [0.25, 0.3) is 0 Å². The number of ether oxygens (including phenoxy) is 1. The summed E-state index contributed by atoms with van der Waals surface area (Å²) in [4.78, 5) is 3.80. The van der Waals surface area contributed by atoms with Gasteiger partial charge in [-0.15, -0.1) is 0 Å². The van der Waals surface area contributed by atoms with E-state index < -0.39 is 0 Å². The molecule has 13 heavy (non-hydrogen) atoms. The lowest BCUT2D eigenvalue weighted by molar-refractivity contribution is 0.415. The second kappa shape index (κ2) is 10.8. The first-order valence-electron chi connectivity index (χ1n) is 4.59. The topological polar surface area (TPSA) is 48.1 Å². The number of aromatic nitrogens is 1. The maximum Gasteiger partial charge on any atom is 0.166 e. The summed E-state index contributed by atoms with van der Waals surface area (Å²) in [6, 6.07) is 3.54. The van der Waals surface area contributed by atoms with Crippen molar-refractivity contribution in [3.63, 3.8) is 0 Å². The number of nitrogens with zero attached hydrogens (tertiary/aromatic N) is 1. The van der Waals surface area contributed by atoms with Crippen molar-refractivity contribution in [2.45, 2.75) is 27.7 Å². The molecule has 1 aromatic rings. The minimum absolute atomic E-state index is 0.431. The van der Waals surface area contributed by atoms with Gasteiger partial charge in [0, 0.05) is 6.20 Å². The molecule has 0 saturated carbocycles. The van der Waals surface area contributed by atoms with E-state index in [-0.39, 0.29) is 0 Å². The molecule has 1 rings (SSSR count). The van der Waals surface area contributed by atoms with Crippen LogP contribution in [0.3, 0.4) is 0 Å². The Balaban J connectivity index is 0. The van der Waals surface area contributed by atoms with Gasteiger partial charge in [-0.2, -0.15) is 0 Å². The number of hydrogen-bond acceptors (Lipinski definition) is 3. The zero-order chi connectivity index (χ0) is 10.7. The number of methoxy groups -OCH3 is 1. The quantitative estimate of drug-likeness (QED) is 0.730. The number of nitrogens with two attached hydrogens (primary N) is 1. The Hall–Kier alpha value is -1.25. The lowest BCUT2D eigenvalue weighted by atomic mass is 10.4. The predicted octanol–water partition coefficient (Wildman–Crippen LogP) is 2.72. The van der Waals surface area contributed by atoms with Crippen LogP contribution < -0.4 is 10.5 Å². The van der Waals surface area contributed by atoms with Crippen molar-refractivity contribution < 1.29 is 4.74 Å². The maximum atomic E-state index is 5.39. The molecule has 0 aliphatic rings. The first-order valence-corrected chi connectivity index (χ1v) is 4.59. The second-order valence-electron chi connectivity index (χ2n) is 1.59. The van der Waals surface area contributed by atoms with E-state index >= 15 is 0 Å². The van der Waals surface area contributed by atoms with Gasteiger partial charge in [0.1, 0.15) is 0 Å². The van der Waals surface area contributed by atoms with Gasteiger partial charge in [0.05, 0.1) is 7.11 Å². The van der Waals surface area contributed by atoms with Crippen LogP contribution >= 0.6 is 0 Å². The lowest BCUT2D eigenvalue weighted by Gasteiger charge is -1.99. The Bertz CT molecular complexity index is 202. The average Bonchev–Trinajstić information content (AvgIpc) is 2.24. The molecular formula is C10H20N2O. The van der Waals surface area contributed by atoms with E-state index in [1.807, 2.05) is 27.7 Å². The van der Waals surface area contributed by atoms with Crippen molar-refractivity contribution in [2.75, 3.05) is 12.8 Å². The van der Waals surface area contributed by atoms with Crippen LogP contribution in [-0.2, 0) is 0 Å². The van der Waals surface area contributed by atoms with E-state index in [2.05, 4.69) is 4.98 Å². The molecule has 0 amide bonds. The summed E-state index contributed by atoms with van der Waals surface area (Å²) < 4.78 is 4.86. The van der Waals surface area contributed by atoms with Crippen molar-refractivity contribution in [1.29, 1.82) is 0 Å². The molecule has 0 aliphatic carbocycles. The van der Waals surface area contributed by atoms with Gasteiger partial charge in [0.15, 0.2) is 11.6 Å². The molecule has 3 heteroatoms. The summed E-state index contributed by atoms with van der Waals surface area (Å²) in [6.45, 7) is 8.00. The van der Waals surface area contributed by atoms with Gasteiger partial charge < -0.3 is 10.5 Å². The molecule has 3 nitrogen and oxygen atoms in total. The SMILES string of the molecule is CC.CC.COc1cccnc1N. The number of anilines is 1. The van der Waals surface area contributed by atoms with Gasteiger partial charge in [-0.05, 0) is 12.1 Å². The van der Waals surface area contributed by atoms with E-state index in [4.69, 9.17) is 10.5 Å². The molecular weight excluding hydrogens is 164 g/mol. The van der Waals surface area contributed by atoms with Crippen LogP contribution in [0.1, 0.15) is 27.7 Å². The van der Waals surface area contributed by atoms with Crippen molar-refractivity contribution in [3.8, 4) is 5.75 Å². The lowest BCUT2D eigenvalue weighted by Crippen LogP contribution is -1.93. The summed E-state index contributed by atoms with van der Waals surface area (Å²) in [5.74, 6) is 1.05. The third-order valence-electron chi connectivity index (χ3n) is 1.02. The third-order valence-corrected chi connectivity index (χ3v) is 1.02. The first kappa shape index (κ1) is 14.3. The Morgan fingerprint density at radius 1 is 1.23 bits per heavy atom. The molecule has 2 N–H and O–H groups in total. The predicted molar refractivity (Wildman–Crippen MR) is 57.9 cm³/mol. The molecule has 0 aromatic carbocycles. The Morgan fingerprint density at radius 3 is 2.08 bits per heavy atom. The molecule has 0 aliphatic heterocycles. The molecule has 0 bridgehead atoms. The monoisotopic (exact) mass is 184 g/mol. The summed E-state index contributed by atoms with van der Waals surface area (Å²) >= 11 is 0. The van der Waals surface area contributed by atoms with Gasteiger partial charge in [0.2, 0.25) is 0 Å². The van der Waals surface area contributed by atoms with E-state index in [0.29, 0.717) is 11.6 Å². The molecule has 0 fully saturated rings. The smallest absolute Gasteiger partial charge is 0.166 e. The van der Waals surface area contributed by atoms with E-state index in [1.54, 1.807) is 25.4 Å². The Kier molecular flexibility index (Phi) is 11.8. The van der Waals surface area contributed by atoms with Crippen LogP contribution in [0.2, 0.25) is 0 Å². The molecule has 1 heterocycles. The van der Waals surface area contributed by atoms with Gasteiger partial charge in [0.25, 0.3) is 0 Å². The third kappa shape index (κ3) is 5.96. The molecule has 0 radical (unpaired) electrons. The van der Waals surface area contributed by atoms with Crippen molar-refractivity contribution in [3.05, 3.63) is 18.3 Å². The molecule has 0 spiro atoms. The highest BCUT2D eigenvalue weighted by molar-refractivity contribution is 5.44. The summed E-state index contributed by atoms with van der Waals surface area (Å²) in [5, 5.41) is 0. The fourth-order valence-corrected chi connectivity index (χ4v) is 0.575. The van der Waals surface area contributed by atoms with Gasteiger partial charge >= 0.3 is 0 Å². The molecule has 76 valence electrons. The minimum atomic E-state index is 0.431. The number of nitrogen functional groups attached to an aromatic ring is 1. The van der Waals surface area contributed by atoms with E-state index in [0.717, 1.165) is 0 Å². The fraction of sp³-hybridized carbons (Fsp3) is 0.500. The molecule has 0 atom stereocenters. The van der Waals surface area contributed by atoms with E-state index in [9.17, 15) is 0 Å². The molecule has 1 aromatic heterocycles. The first-order chi connectivity index (χ1) is 6.34. The highest BCUT2D eigenvalue weighted by Crippen LogP contribution is 2.14. The van der Waals surface area contributed by atoms with Crippen LogP contribution in [-0.4, -0.2) is 12.1 Å². The van der Waals surface area contributed by atoms with Crippen LogP contribution in [0.15, 0.2) is 18.3 Å². The molecule has 0 unspecified atom stereocenters. The Labute approximate surface area is 80.9 Å². The highest BCUT2D eigenvalue weighted by Gasteiger charge is 1.93. The molecule has 0 saturated heterocycles. The number of hydrogen-bond donors (Lipinski definition) is 1. The standard InChI is InChI=1S/C6H8N2O.2C2H6/c1-9-5-3-2-4-8-6(5)7;2*1-2/h2-4H,1H3,(H2,7,8);2*1-2H3.